The minimum absolute atomic E-state index is 0.0661. The van der Waals surface area contributed by atoms with Gasteiger partial charge in [-0.2, -0.15) is 13.2 Å². The maximum atomic E-state index is 13.1. The average Bonchev–Trinajstić information content (AvgIpc) is 3.37. The van der Waals surface area contributed by atoms with Crippen molar-refractivity contribution in [2.45, 2.75) is 44.4 Å². The number of alkyl halides is 3. The first-order valence-electron chi connectivity index (χ1n) is 9.61. The third-order valence-corrected chi connectivity index (χ3v) is 6.46. The van der Waals surface area contributed by atoms with Crippen LogP contribution >= 0.6 is 15.9 Å². The zero-order chi connectivity index (χ0) is 20.8. The average molecular weight is 469 g/mol. The van der Waals surface area contributed by atoms with Crippen LogP contribution < -0.4 is 4.74 Å². The largest absolute Gasteiger partial charge is 0.486 e. The van der Waals surface area contributed by atoms with E-state index in [0.29, 0.717) is 30.8 Å². The summed E-state index contributed by atoms with van der Waals surface area (Å²) in [6.07, 6.45) is -2.70. The molecular weight excluding hydrogens is 449 g/mol. The van der Waals surface area contributed by atoms with E-state index in [9.17, 15) is 18.0 Å². The van der Waals surface area contributed by atoms with Crippen LogP contribution in [0.25, 0.3) is 0 Å². The van der Waals surface area contributed by atoms with Crippen LogP contribution in [-0.4, -0.2) is 12.6 Å². The molecule has 0 heterocycles. The van der Waals surface area contributed by atoms with Crippen molar-refractivity contribution in [3.63, 3.8) is 0 Å². The van der Waals surface area contributed by atoms with Crippen LogP contribution in [0.4, 0.5) is 13.2 Å². The Bertz CT molecular complexity index is 924. The van der Waals surface area contributed by atoms with Crippen molar-refractivity contribution in [2.75, 3.05) is 6.61 Å². The first kappa shape index (κ1) is 20.3. The summed E-state index contributed by atoms with van der Waals surface area (Å²) >= 11 is 3.13. The van der Waals surface area contributed by atoms with E-state index in [-0.39, 0.29) is 28.4 Å². The molecular formula is C22H20BrF3O3. The molecule has 2 aromatic rings. The van der Waals surface area contributed by atoms with Gasteiger partial charge in [-0.3, -0.25) is 4.79 Å². The number of hydrogen-bond donors (Lipinski definition) is 0. The fourth-order valence-corrected chi connectivity index (χ4v) is 4.78. The fraction of sp³-hybridized carbons (Fsp3) is 0.409. The molecule has 2 aliphatic carbocycles. The molecule has 0 saturated heterocycles. The van der Waals surface area contributed by atoms with Gasteiger partial charge in [0, 0.05) is 4.47 Å². The summed E-state index contributed by atoms with van der Waals surface area (Å²) in [6.45, 7) is 2.18. The number of rotatable bonds is 5. The van der Waals surface area contributed by atoms with E-state index in [1.807, 2.05) is 24.3 Å². The normalized spacial score (nSPS) is 22.9. The summed E-state index contributed by atoms with van der Waals surface area (Å²) in [6, 6.07) is 10.2. The first-order chi connectivity index (χ1) is 13.8. The van der Waals surface area contributed by atoms with Gasteiger partial charge >= 0.3 is 12.1 Å². The molecule has 29 heavy (non-hydrogen) atoms. The maximum absolute atomic E-state index is 13.1. The Balaban J connectivity index is 1.44. The lowest BCUT2D eigenvalue weighted by atomic mass is 10.1. The number of carbonyl (C=O) groups is 1. The summed E-state index contributed by atoms with van der Waals surface area (Å²) in [7, 11) is 0. The number of benzene rings is 2. The highest BCUT2D eigenvalue weighted by Gasteiger charge is 2.45. The third kappa shape index (κ3) is 4.02. The Kier molecular flexibility index (Phi) is 5.36. The predicted molar refractivity (Wildman–Crippen MR) is 105 cm³/mol. The molecule has 3 atom stereocenters. The van der Waals surface area contributed by atoms with Gasteiger partial charge in [-0.25, -0.2) is 0 Å². The topological polar surface area (TPSA) is 35.5 Å². The van der Waals surface area contributed by atoms with E-state index in [0.717, 1.165) is 23.6 Å². The molecule has 7 heteroatoms. The quantitative estimate of drug-likeness (QED) is 0.490. The van der Waals surface area contributed by atoms with Crippen molar-refractivity contribution < 1.29 is 27.4 Å². The predicted octanol–water partition coefficient (Wildman–Crippen LogP) is 6.20. The molecule has 4 rings (SSSR count). The smallest absolute Gasteiger partial charge is 0.417 e. The fourth-order valence-electron chi connectivity index (χ4n) is 4.00. The van der Waals surface area contributed by atoms with E-state index >= 15 is 0 Å². The van der Waals surface area contributed by atoms with Crippen LogP contribution in [0.2, 0.25) is 0 Å². The van der Waals surface area contributed by atoms with Crippen LogP contribution in [0.3, 0.4) is 0 Å². The number of esters is 1. The molecule has 1 fully saturated rings. The summed E-state index contributed by atoms with van der Waals surface area (Å²) < 4.78 is 50.5. The molecule has 0 amide bonds. The molecule has 2 aromatic carbocycles. The Labute approximate surface area is 175 Å². The third-order valence-electron chi connectivity index (χ3n) is 5.55. The van der Waals surface area contributed by atoms with E-state index in [1.165, 1.54) is 6.07 Å². The molecule has 1 saturated carbocycles. The van der Waals surface area contributed by atoms with Gasteiger partial charge in [0.2, 0.25) is 0 Å². The summed E-state index contributed by atoms with van der Waals surface area (Å²) in [5, 5.41) is 0. The number of carbonyl (C=O) groups excluding carboxylic acids is 1. The number of hydrogen-bond acceptors (Lipinski definition) is 3. The minimum Gasteiger partial charge on any atom is -0.486 e. The van der Waals surface area contributed by atoms with Gasteiger partial charge < -0.3 is 9.47 Å². The summed E-state index contributed by atoms with van der Waals surface area (Å²) in [5.74, 6) is 0.635. The van der Waals surface area contributed by atoms with E-state index in [1.54, 1.807) is 6.92 Å². The number of ether oxygens (including phenoxy) is 2. The maximum Gasteiger partial charge on any atom is 0.417 e. The van der Waals surface area contributed by atoms with Gasteiger partial charge in [-0.15, -0.1) is 0 Å². The van der Waals surface area contributed by atoms with E-state index in [2.05, 4.69) is 15.9 Å². The van der Waals surface area contributed by atoms with Crippen LogP contribution in [-0.2, 0) is 22.1 Å². The van der Waals surface area contributed by atoms with Crippen molar-refractivity contribution in [3.05, 3.63) is 63.1 Å². The molecule has 0 aliphatic heterocycles. The Morgan fingerprint density at radius 1 is 1.17 bits per heavy atom. The van der Waals surface area contributed by atoms with E-state index in [4.69, 9.17) is 9.47 Å². The van der Waals surface area contributed by atoms with Crippen molar-refractivity contribution >= 4 is 21.9 Å². The van der Waals surface area contributed by atoms with Crippen LogP contribution in [0, 0.1) is 5.92 Å². The van der Waals surface area contributed by atoms with Gasteiger partial charge in [0.1, 0.15) is 11.9 Å². The molecule has 0 radical (unpaired) electrons. The Morgan fingerprint density at radius 2 is 1.90 bits per heavy atom. The standard InChI is InChI=1S/C22H20BrF3O3/c1-2-28-21(27)17-11-16(17)12-3-5-13(6-4-12)29-19-10-8-15-14(19)7-9-18(20(15)23)22(24,25)26/h3-7,9,16-17,19H,2,8,10-11H2,1H3/t16-,17?,19-/m1/s1. The van der Waals surface area contributed by atoms with Gasteiger partial charge in [0.05, 0.1) is 18.1 Å². The van der Waals surface area contributed by atoms with Crippen LogP contribution in [0.1, 0.15) is 54.0 Å². The SMILES string of the molecule is CCOC(=O)C1C[C@@H]1c1ccc(O[C@@H]2CCc3c2ccc(C(F)(F)F)c3Br)cc1. The van der Waals surface area contributed by atoms with Gasteiger partial charge in [-0.05, 0) is 82.9 Å². The molecule has 0 N–H and O–H groups in total. The van der Waals surface area contributed by atoms with Gasteiger partial charge in [0.25, 0.3) is 0 Å². The lowest BCUT2D eigenvalue weighted by Gasteiger charge is -2.17. The van der Waals surface area contributed by atoms with Gasteiger partial charge in [-0.1, -0.05) is 18.2 Å². The highest BCUT2D eigenvalue weighted by molar-refractivity contribution is 9.10. The number of halogens is 4. The van der Waals surface area contributed by atoms with E-state index < -0.39 is 11.7 Å². The lowest BCUT2D eigenvalue weighted by molar-refractivity contribution is -0.144. The Hall–Kier alpha value is -2.02. The first-order valence-corrected chi connectivity index (χ1v) is 10.4. The number of fused-ring (bicyclic) bond motifs is 1. The molecule has 2 aliphatic rings. The van der Waals surface area contributed by atoms with Crippen LogP contribution in [0.5, 0.6) is 5.75 Å². The zero-order valence-electron chi connectivity index (χ0n) is 15.8. The molecule has 0 spiro atoms. The minimum atomic E-state index is -4.38. The lowest BCUT2D eigenvalue weighted by Crippen LogP contribution is -2.09. The Morgan fingerprint density at radius 3 is 2.55 bits per heavy atom. The summed E-state index contributed by atoms with van der Waals surface area (Å²) in [4.78, 5) is 11.8. The van der Waals surface area contributed by atoms with Crippen molar-refractivity contribution in [3.8, 4) is 5.75 Å². The van der Waals surface area contributed by atoms with Crippen LogP contribution in [0.15, 0.2) is 40.9 Å². The second kappa shape index (κ2) is 7.67. The molecule has 154 valence electrons. The highest BCUT2D eigenvalue weighted by Crippen LogP contribution is 2.49. The molecule has 0 aromatic heterocycles. The monoisotopic (exact) mass is 468 g/mol. The van der Waals surface area contributed by atoms with Gasteiger partial charge in [0.15, 0.2) is 0 Å². The van der Waals surface area contributed by atoms with Crippen molar-refractivity contribution in [1.29, 1.82) is 0 Å². The summed E-state index contributed by atoms with van der Waals surface area (Å²) in [5.41, 5.74) is 1.87. The second-order valence-electron chi connectivity index (χ2n) is 7.41. The second-order valence-corrected chi connectivity index (χ2v) is 8.20. The molecule has 0 bridgehead atoms. The molecule has 3 nitrogen and oxygen atoms in total. The molecule has 1 unspecified atom stereocenters. The van der Waals surface area contributed by atoms with Crippen molar-refractivity contribution in [1.82, 2.24) is 0 Å². The van der Waals surface area contributed by atoms with Crippen molar-refractivity contribution in [2.24, 2.45) is 5.92 Å². The highest BCUT2D eigenvalue weighted by atomic mass is 79.9. The zero-order valence-corrected chi connectivity index (χ0v) is 17.3.